The number of carboxylic acid groups (broad SMARTS) is 1. The molecule has 1 saturated heterocycles. The van der Waals surface area contributed by atoms with E-state index in [0.717, 1.165) is 53.0 Å². The summed E-state index contributed by atoms with van der Waals surface area (Å²) in [7, 11) is 0. The second-order valence-electron chi connectivity index (χ2n) is 9.75. The molecule has 2 N–H and O–H groups in total. The molecule has 2 aliphatic heterocycles. The summed E-state index contributed by atoms with van der Waals surface area (Å²) >= 11 is 0. The smallest absolute Gasteiger partial charge is 0.336 e. The number of nitrogens with one attached hydrogen (secondary N) is 1. The van der Waals surface area contributed by atoms with E-state index < -0.39 is 11.4 Å². The van der Waals surface area contributed by atoms with Gasteiger partial charge in [0.1, 0.15) is 0 Å². The summed E-state index contributed by atoms with van der Waals surface area (Å²) in [6.07, 6.45) is 4.31. The monoisotopic (exact) mass is 478 g/mol. The predicted octanol–water partition coefficient (Wildman–Crippen LogP) is 5.59. The fourth-order valence-corrected chi connectivity index (χ4v) is 5.87. The van der Waals surface area contributed by atoms with Gasteiger partial charge in [-0.3, -0.25) is 4.79 Å². The zero-order valence-corrected chi connectivity index (χ0v) is 20.2. The van der Waals surface area contributed by atoms with Crippen molar-refractivity contribution in [2.75, 3.05) is 30.0 Å². The molecule has 184 valence electrons. The zero-order chi connectivity index (χ0) is 24.7. The van der Waals surface area contributed by atoms with Gasteiger partial charge in [-0.05, 0) is 86.1 Å². The summed E-state index contributed by atoms with van der Waals surface area (Å²) in [6, 6.07) is 9.86. The lowest BCUT2D eigenvalue weighted by Crippen LogP contribution is -2.40. The van der Waals surface area contributed by atoms with Crippen molar-refractivity contribution >= 4 is 23.3 Å². The Labute approximate surface area is 204 Å². The van der Waals surface area contributed by atoms with Gasteiger partial charge in [-0.15, -0.1) is 0 Å². The van der Waals surface area contributed by atoms with Gasteiger partial charge in [0.15, 0.2) is 0 Å². The molecule has 0 radical (unpaired) electrons. The lowest BCUT2D eigenvalue weighted by atomic mass is 9.72. The molecule has 2 heterocycles. The normalized spacial score (nSPS) is 22.0. The highest BCUT2D eigenvalue weighted by Crippen LogP contribution is 2.48. The molecule has 0 aromatic heterocycles. The first-order valence-electron chi connectivity index (χ1n) is 12.4. The minimum absolute atomic E-state index is 0.0964. The van der Waals surface area contributed by atoms with Crippen LogP contribution in [-0.4, -0.2) is 42.8 Å². The lowest BCUT2D eigenvalue weighted by molar-refractivity contribution is -0.121. The number of anilines is 2. The van der Waals surface area contributed by atoms with Crippen molar-refractivity contribution in [3.05, 3.63) is 58.9 Å². The van der Waals surface area contributed by atoms with Crippen molar-refractivity contribution < 1.29 is 23.8 Å². The van der Waals surface area contributed by atoms with Gasteiger partial charge in [0, 0.05) is 43.6 Å². The van der Waals surface area contributed by atoms with Crippen LogP contribution in [0.25, 0.3) is 11.1 Å². The number of nitrogens with zero attached hydrogens (tertiary/aromatic N) is 1. The van der Waals surface area contributed by atoms with Gasteiger partial charge in [0.25, 0.3) is 0 Å². The molecule has 1 spiro atoms. The summed E-state index contributed by atoms with van der Waals surface area (Å²) < 4.78 is 19.3. The number of amides is 1. The van der Waals surface area contributed by atoms with Gasteiger partial charge >= 0.3 is 5.97 Å². The minimum atomic E-state index is -0.962. The van der Waals surface area contributed by atoms with E-state index in [2.05, 4.69) is 23.2 Å². The number of carboxylic acids is 1. The van der Waals surface area contributed by atoms with Crippen LogP contribution < -0.4 is 10.2 Å². The molecular weight excluding hydrogens is 447 g/mol. The number of ether oxygens (including phenoxy) is 1. The molecule has 1 fully saturated rings. The molecule has 2 aromatic carbocycles. The highest BCUT2D eigenvalue weighted by molar-refractivity contribution is 6.07. The molecule has 1 aliphatic carbocycles. The van der Waals surface area contributed by atoms with Gasteiger partial charge < -0.3 is 20.1 Å². The Morgan fingerprint density at radius 3 is 2.66 bits per heavy atom. The van der Waals surface area contributed by atoms with E-state index in [4.69, 9.17) is 4.74 Å². The third kappa shape index (κ3) is 4.01. The van der Waals surface area contributed by atoms with Crippen molar-refractivity contribution in [2.45, 2.75) is 57.4 Å². The minimum Gasteiger partial charge on any atom is -0.478 e. The zero-order valence-electron chi connectivity index (χ0n) is 20.2. The summed E-state index contributed by atoms with van der Waals surface area (Å²) in [6.45, 7) is 6.13. The number of carbonyl (C=O) groups is 2. The van der Waals surface area contributed by atoms with E-state index in [9.17, 15) is 19.1 Å². The van der Waals surface area contributed by atoms with Crippen LogP contribution in [0.5, 0.6) is 0 Å². The number of hydrogen-bond acceptors (Lipinski definition) is 4. The Hall–Kier alpha value is -3.19. The average Bonchev–Trinajstić information content (AvgIpc) is 3.13. The van der Waals surface area contributed by atoms with Gasteiger partial charge in [0.2, 0.25) is 5.91 Å². The first-order valence-corrected chi connectivity index (χ1v) is 12.4. The van der Waals surface area contributed by atoms with E-state index in [0.29, 0.717) is 32.1 Å². The molecule has 3 aliphatic rings. The number of benzene rings is 2. The summed E-state index contributed by atoms with van der Waals surface area (Å²) in [4.78, 5) is 27.5. The first-order chi connectivity index (χ1) is 16.8. The molecular formula is C28H31FN2O4. The number of aromatic carboxylic acids is 1. The molecule has 2 aromatic rings. The Bertz CT molecular complexity index is 1220. The Morgan fingerprint density at radius 2 is 2.00 bits per heavy atom. The largest absolute Gasteiger partial charge is 0.478 e. The lowest BCUT2D eigenvalue weighted by Gasteiger charge is -2.37. The quantitative estimate of drug-likeness (QED) is 0.586. The summed E-state index contributed by atoms with van der Waals surface area (Å²) in [5.41, 5.74) is 4.41. The molecule has 1 amide bonds. The second-order valence-corrected chi connectivity index (χ2v) is 9.75. The van der Waals surface area contributed by atoms with E-state index in [1.165, 1.54) is 6.08 Å². The van der Waals surface area contributed by atoms with Crippen LogP contribution in [-0.2, 0) is 14.9 Å². The molecule has 6 nitrogen and oxygen atoms in total. The maximum absolute atomic E-state index is 13.8. The van der Waals surface area contributed by atoms with E-state index in [-0.39, 0.29) is 23.7 Å². The number of allylic oxidation sites excluding steroid dienone is 2. The van der Waals surface area contributed by atoms with Crippen molar-refractivity contribution in [1.29, 1.82) is 0 Å². The number of hydrogen-bond donors (Lipinski definition) is 2. The van der Waals surface area contributed by atoms with Crippen molar-refractivity contribution in [2.24, 2.45) is 0 Å². The molecule has 1 unspecified atom stereocenters. The first kappa shape index (κ1) is 23.5. The van der Waals surface area contributed by atoms with Crippen molar-refractivity contribution in [3.63, 3.8) is 0 Å². The molecule has 35 heavy (non-hydrogen) atoms. The number of fused-ring (bicyclic) bond motifs is 2. The van der Waals surface area contributed by atoms with Crippen LogP contribution in [0.1, 0.15) is 60.5 Å². The fraction of sp³-hybridized carbons (Fsp3) is 0.429. The van der Waals surface area contributed by atoms with Gasteiger partial charge in [-0.1, -0.05) is 12.1 Å². The van der Waals surface area contributed by atoms with Gasteiger partial charge in [-0.2, -0.15) is 0 Å². The average molecular weight is 479 g/mol. The SMILES string of the molecule is CCN(c1cc(-c2ccc3c(c2)C2(CC=C(F)CC2)C(=O)N3)cc(C(=O)O)c1C)C1CCOCC1. The van der Waals surface area contributed by atoms with Crippen LogP contribution in [0, 0.1) is 6.92 Å². The van der Waals surface area contributed by atoms with Crippen LogP contribution >= 0.6 is 0 Å². The number of rotatable bonds is 5. The summed E-state index contributed by atoms with van der Waals surface area (Å²) in [5, 5.41) is 13.0. The van der Waals surface area contributed by atoms with Gasteiger partial charge in [-0.25, -0.2) is 9.18 Å². The van der Waals surface area contributed by atoms with Gasteiger partial charge in [0.05, 0.1) is 16.8 Å². The third-order valence-corrected chi connectivity index (χ3v) is 7.91. The highest BCUT2D eigenvalue weighted by atomic mass is 19.1. The van der Waals surface area contributed by atoms with E-state index in [1.54, 1.807) is 6.07 Å². The fourth-order valence-electron chi connectivity index (χ4n) is 5.87. The Morgan fingerprint density at radius 1 is 1.23 bits per heavy atom. The van der Waals surface area contributed by atoms with Crippen molar-refractivity contribution in [1.82, 2.24) is 0 Å². The number of carbonyl (C=O) groups excluding carboxylic acids is 1. The van der Waals surface area contributed by atoms with Crippen LogP contribution in [0.2, 0.25) is 0 Å². The van der Waals surface area contributed by atoms with E-state index in [1.807, 2.05) is 25.1 Å². The van der Waals surface area contributed by atoms with Crippen LogP contribution in [0.15, 0.2) is 42.2 Å². The van der Waals surface area contributed by atoms with Crippen molar-refractivity contribution in [3.8, 4) is 11.1 Å². The maximum Gasteiger partial charge on any atom is 0.336 e. The topological polar surface area (TPSA) is 78.9 Å². The Balaban J connectivity index is 1.61. The van der Waals surface area contributed by atoms with Crippen LogP contribution in [0.3, 0.4) is 0 Å². The second kappa shape index (κ2) is 9.11. The maximum atomic E-state index is 13.8. The molecule has 7 heteroatoms. The Kier molecular flexibility index (Phi) is 6.13. The molecule has 0 saturated carbocycles. The standard InChI is InChI=1S/C28H31FN2O4/c1-3-31(21-8-12-35-13-9-21)25-16-19(14-22(17(25)2)26(32)33)18-4-5-24-23(15-18)28(27(34)30-24)10-6-20(29)7-11-28/h4-6,14-16,21H,3,7-13H2,1-2H3,(H,30,34)(H,32,33). The molecule has 1 atom stereocenters. The summed E-state index contributed by atoms with van der Waals surface area (Å²) in [5.74, 6) is -1.23. The van der Waals surface area contributed by atoms with E-state index >= 15 is 0 Å². The molecule has 0 bridgehead atoms. The third-order valence-electron chi connectivity index (χ3n) is 7.91. The highest BCUT2D eigenvalue weighted by Gasteiger charge is 2.47. The van der Waals surface area contributed by atoms with Crippen LogP contribution in [0.4, 0.5) is 15.8 Å². The number of halogens is 1. The predicted molar refractivity (Wildman–Crippen MR) is 134 cm³/mol. The molecule has 5 rings (SSSR count).